The topological polar surface area (TPSA) is 29.5 Å². The Morgan fingerprint density at radius 2 is 2.40 bits per heavy atom. The Morgan fingerprint density at radius 3 is 2.70 bits per heavy atom. The van der Waals surface area contributed by atoms with E-state index in [1.54, 1.807) is 0 Å². The zero-order valence-electron chi connectivity index (χ0n) is 6.60. The molecule has 1 rings (SSSR count). The SMILES string of the molecule is C[SiH2]C1(CO)CCCCO1. The van der Waals surface area contributed by atoms with Gasteiger partial charge in [-0.3, -0.25) is 0 Å². The van der Waals surface area contributed by atoms with Crippen molar-refractivity contribution < 1.29 is 9.84 Å². The van der Waals surface area contributed by atoms with Gasteiger partial charge in [-0.05, 0) is 19.3 Å². The fourth-order valence-electron chi connectivity index (χ4n) is 1.43. The van der Waals surface area contributed by atoms with Gasteiger partial charge in [0.1, 0.15) is 0 Å². The third kappa shape index (κ3) is 1.59. The summed E-state index contributed by atoms with van der Waals surface area (Å²) in [6, 6.07) is 0. The van der Waals surface area contributed by atoms with Gasteiger partial charge >= 0.3 is 0 Å². The number of aliphatic hydroxyl groups is 1. The summed E-state index contributed by atoms with van der Waals surface area (Å²) in [6.07, 6.45) is 3.50. The number of rotatable bonds is 2. The molecule has 0 amide bonds. The highest BCUT2D eigenvalue weighted by Crippen LogP contribution is 2.22. The summed E-state index contributed by atoms with van der Waals surface area (Å²) in [5.41, 5.74) is 0. The minimum atomic E-state index is -0.211. The van der Waals surface area contributed by atoms with Gasteiger partial charge in [-0.15, -0.1) is 0 Å². The van der Waals surface area contributed by atoms with Crippen LogP contribution in [0.25, 0.3) is 0 Å². The molecule has 1 aliphatic heterocycles. The summed E-state index contributed by atoms with van der Waals surface area (Å²) in [7, 11) is -0.211. The number of ether oxygens (including phenoxy) is 1. The van der Waals surface area contributed by atoms with E-state index >= 15 is 0 Å². The molecule has 0 aromatic carbocycles. The van der Waals surface area contributed by atoms with Crippen molar-refractivity contribution in [2.45, 2.75) is 31.0 Å². The highest BCUT2D eigenvalue weighted by Gasteiger charge is 2.30. The minimum Gasteiger partial charge on any atom is -0.394 e. The molecule has 3 heteroatoms. The average Bonchev–Trinajstić information content (AvgIpc) is 2.06. The van der Waals surface area contributed by atoms with Crippen LogP contribution in [-0.2, 0) is 4.74 Å². The van der Waals surface area contributed by atoms with Crippen molar-refractivity contribution in [1.82, 2.24) is 0 Å². The molecule has 0 aliphatic carbocycles. The first-order chi connectivity index (χ1) is 4.83. The molecule has 0 spiro atoms. The predicted molar refractivity (Wildman–Crippen MR) is 44.0 cm³/mol. The molecule has 1 saturated heterocycles. The third-order valence-electron chi connectivity index (χ3n) is 2.37. The summed E-state index contributed by atoms with van der Waals surface area (Å²) in [4.78, 5) is 0. The lowest BCUT2D eigenvalue weighted by molar-refractivity contribution is -0.0518. The van der Waals surface area contributed by atoms with Gasteiger partial charge in [0.05, 0.1) is 21.4 Å². The van der Waals surface area contributed by atoms with Crippen LogP contribution < -0.4 is 0 Å². The van der Waals surface area contributed by atoms with Gasteiger partial charge < -0.3 is 9.84 Å². The zero-order chi connectivity index (χ0) is 7.45. The normalized spacial score (nSPS) is 35.4. The van der Waals surface area contributed by atoms with E-state index < -0.39 is 0 Å². The van der Waals surface area contributed by atoms with Gasteiger partial charge in [0, 0.05) is 6.61 Å². The molecule has 1 unspecified atom stereocenters. The quantitative estimate of drug-likeness (QED) is 0.580. The molecule has 1 aliphatic rings. The van der Waals surface area contributed by atoms with Crippen molar-refractivity contribution in [3.05, 3.63) is 0 Å². The maximum Gasteiger partial charge on any atom is 0.0741 e. The van der Waals surface area contributed by atoms with Crippen LogP contribution in [0.15, 0.2) is 0 Å². The maximum atomic E-state index is 9.05. The maximum absolute atomic E-state index is 9.05. The molecule has 1 fully saturated rings. The number of aliphatic hydroxyl groups excluding tert-OH is 1. The number of hydrogen-bond acceptors (Lipinski definition) is 2. The predicted octanol–water partition coefficient (Wildman–Crippen LogP) is 0.0924. The summed E-state index contributed by atoms with van der Waals surface area (Å²) in [6.45, 7) is 3.32. The van der Waals surface area contributed by atoms with Gasteiger partial charge in [0.2, 0.25) is 0 Å². The highest BCUT2D eigenvalue weighted by molar-refractivity contribution is 6.37. The molecule has 2 nitrogen and oxygen atoms in total. The van der Waals surface area contributed by atoms with Crippen molar-refractivity contribution in [1.29, 1.82) is 0 Å². The summed E-state index contributed by atoms with van der Waals surface area (Å²) in [5, 5.41) is 9.01. The molecule has 60 valence electrons. The second kappa shape index (κ2) is 3.51. The highest BCUT2D eigenvalue weighted by atomic mass is 28.2. The molecule has 0 saturated carbocycles. The smallest absolute Gasteiger partial charge is 0.0741 e. The molecule has 10 heavy (non-hydrogen) atoms. The monoisotopic (exact) mass is 160 g/mol. The van der Waals surface area contributed by atoms with Crippen LogP contribution in [0, 0.1) is 0 Å². The van der Waals surface area contributed by atoms with Gasteiger partial charge in [-0.2, -0.15) is 0 Å². The fraction of sp³-hybridized carbons (Fsp3) is 1.00. The average molecular weight is 160 g/mol. The van der Waals surface area contributed by atoms with E-state index in [9.17, 15) is 0 Å². The summed E-state index contributed by atoms with van der Waals surface area (Å²) < 4.78 is 5.58. The van der Waals surface area contributed by atoms with E-state index in [0.717, 1.165) is 13.0 Å². The van der Waals surface area contributed by atoms with E-state index in [0.29, 0.717) is 0 Å². The molecular formula is C7H16O2Si. The lowest BCUT2D eigenvalue weighted by Crippen LogP contribution is -2.44. The lowest BCUT2D eigenvalue weighted by atomic mass is 10.1. The molecular weight excluding hydrogens is 144 g/mol. The van der Waals surface area contributed by atoms with Gasteiger partial charge in [-0.1, -0.05) is 6.55 Å². The second-order valence-electron chi connectivity index (χ2n) is 3.00. The van der Waals surface area contributed by atoms with Crippen LogP contribution in [0.4, 0.5) is 0 Å². The summed E-state index contributed by atoms with van der Waals surface area (Å²) in [5.74, 6) is 0. The van der Waals surface area contributed by atoms with Crippen molar-refractivity contribution in [3.63, 3.8) is 0 Å². The minimum absolute atomic E-state index is 0.0434. The Balaban J connectivity index is 2.44. The summed E-state index contributed by atoms with van der Waals surface area (Å²) >= 11 is 0. The molecule has 0 aromatic heterocycles. The van der Waals surface area contributed by atoms with E-state index in [1.807, 2.05) is 0 Å². The van der Waals surface area contributed by atoms with Crippen LogP contribution in [0.5, 0.6) is 0 Å². The first-order valence-electron chi connectivity index (χ1n) is 4.08. The van der Waals surface area contributed by atoms with Crippen LogP contribution in [0.1, 0.15) is 19.3 Å². The van der Waals surface area contributed by atoms with Gasteiger partial charge in [-0.25, -0.2) is 0 Å². The van der Waals surface area contributed by atoms with E-state index in [2.05, 4.69) is 6.55 Å². The Bertz CT molecular complexity index is 93.8. The molecule has 0 radical (unpaired) electrons. The first-order valence-corrected chi connectivity index (χ1v) is 6.20. The molecule has 1 heterocycles. The third-order valence-corrected chi connectivity index (χ3v) is 4.44. The largest absolute Gasteiger partial charge is 0.394 e. The Morgan fingerprint density at radius 1 is 1.60 bits per heavy atom. The molecule has 1 N–H and O–H groups in total. The van der Waals surface area contributed by atoms with Crippen LogP contribution in [0.3, 0.4) is 0 Å². The van der Waals surface area contributed by atoms with Gasteiger partial charge in [0.15, 0.2) is 0 Å². The standard InChI is InChI=1S/C7H16O2Si/c1-10-7(6-8)4-2-3-5-9-7/h8H,2-6,10H2,1H3. The van der Waals surface area contributed by atoms with Crippen molar-refractivity contribution in [3.8, 4) is 0 Å². The second-order valence-corrected chi connectivity index (χ2v) is 5.00. The van der Waals surface area contributed by atoms with Crippen LogP contribution in [-0.4, -0.2) is 33.1 Å². The number of hydrogen-bond donors (Lipinski definition) is 1. The van der Waals surface area contributed by atoms with Gasteiger partial charge in [0.25, 0.3) is 0 Å². The zero-order valence-corrected chi connectivity index (χ0v) is 8.01. The van der Waals surface area contributed by atoms with Crippen molar-refractivity contribution >= 4 is 9.52 Å². The van der Waals surface area contributed by atoms with E-state index in [-0.39, 0.29) is 21.4 Å². The van der Waals surface area contributed by atoms with Crippen molar-refractivity contribution in [2.24, 2.45) is 0 Å². The van der Waals surface area contributed by atoms with Crippen molar-refractivity contribution in [2.75, 3.05) is 13.2 Å². The molecule has 1 atom stereocenters. The fourth-order valence-corrected chi connectivity index (χ4v) is 2.60. The Hall–Kier alpha value is 0.137. The van der Waals surface area contributed by atoms with Crippen LogP contribution in [0.2, 0.25) is 6.55 Å². The molecule has 0 bridgehead atoms. The Kier molecular flexibility index (Phi) is 2.89. The first kappa shape index (κ1) is 8.24. The molecule has 0 aromatic rings. The van der Waals surface area contributed by atoms with E-state index in [1.165, 1.54) is 12.8 Å². The Labute approximate surface area is 64.4 Å². The lowest BCUT2D eigenvalue weighted by Gasteiger charge is -2.34. The van der Waals surface area contributed by atoms with Crippen LogP contribution >= 0.6 is 0 Å². The van der Waals surface area contributed by atoms with E-state index in [4.69, 9.17) is 9.84 Å².